The van der Waals surface area contributed by atoms with E-state index in [-0.39, 0.29) is 11.7 Å². The molecule has 1 aromatic carbocycles. The predicted octanol–water partition coefficient (Wildman–Crippen LogP) is 1.78. The summed E-state index contributed by atoms with van der Waals surface area (Å²) in [5, 5.41) is 9.28. The molecular formula is C13H15FN4OS. The molecule has 2 rings (SSSR count). The van der Waals surface area contributed by atoms with Crippen LogP contribution >= 0.6 is 11.8 Å². The maximum atomic E-state index is 12.7. The number of rotatable bonds is 7. The Balaban J connectivity index is 1.59. The standard InChI is InChI=1S/C13H15FN4OS/c14-10-1-3-11(4-2-10)20-8-6-13(19)15-7-5-12-16-9-17-18-12/h1-4,9H,5-8H2,(H,15,19)(H,16,17,18). The van der Waals surface area contributed by atoms with Crippen LogP contribution in [0, 0.1) is 5.82 Å². The molecule has 0 saturated heterocycles. The summed E-state index contributed by atoms with van der Waals surface area (Å²) in [6, 6.07) is 6.25. The molecule has 1 aromatic heterocycles. The number of aromatic amines is 1. The van der Waals surface area contributed by atoms with Crippen LogP contribution in [-0.4, -0.2) is 33.4 Å². The van der Waals surface area contributed by atoms with Crippen LogP contribution in [0.4, 0.5) is 4.39 Å². The third-order valence-corrected chi connectivity index (χ3v) is 3.57. The van der Waals surface area contributed by atoms with Gasteiger partial charge in [-0.2, -0.15) is 5.10 Å². The topological polar surface area (TPSA) is 70.7 Å². The van der Waals surface area contributed by atoms with Gasteiger partial charge >= 0.3 is 0 Å². The third-order valence-electron chi connectivity index (χ3n) is 2.56. The van der Waals surface area contributed by atoms with Crippen molar-refractivity contribution in [3.05, 3.63) is 42.2 Å². The Kier molecular flexibility index (Phi) is 5.55. The second-order valence-electron chi connectivity index (χ2n) is 4.08. The summed E-state index contributed by atoms with van der Waals surface area (Å²) in [6.07, 6.45) is 2.51. The summed E-state index contributed by atoms with van der Waals surface area (Å²) in [7, 11) is 0. The molecule has 0 aliphatic rings. The molecule has 0 aliphatic heterocycles. The highest BCUT2D eigenvalue weighted by molar-refractivity contribution is 7.99. The highest BCUT2D eigenvalue weighted by Gasteiger charge is 2.03. The molecule has 20 heavy (non-hydrogen) atoms. The Morgan fingerprint density at radius 1 is 1.35 bits per heavy atom. The summed E-state index contributed by atoms with van der Waals surface area (Å²) >= 11 is 1.53. The van der Waals surface area contributed by atoms with Gasteiger partial charge in [-0.05, 0) is 24.3 Å². The lowest BCUT2D eigenvalue weighted by molar-refractivity contribution is -0.120. The molecule has 0 spiro atoms. The van der Waals surface area contributed by atoms with Crippen LogP contribution in [-0.2, 0) is 11.2 Å². The minimum absolute atomic E-state index is 0.000808. The summed E-state index contributed by atoms with van der Waals surface area (Å²) in [5.41, 5.74) is 0. The molecule has 2 aromatic rings. The van der Waals surface area contributed by atoms with Gasteiger partial charge in [0.15, 0.2) is 0 Å². The van der Waals surface area contributed by atoms with Crippen molar-refractivity contribution in [1.82, 2.24) is 20.5 Å². The molecule has 7 heteroatoms. The van der Waals surface area contributed by atoms with Crippen LogP contribution in [0.15, 0.2) is 35.5 Å². The number of carbonyl (C=O) groups is 1. The number of halogens is 1. The van der Waals surface area contributed by atoms with E-state index < -0.39 is 0 Å². The molecule has 0 atom stereocenters. The fourth-order valence-electron chi connectivity index (χ4n) is 1.55. The van der Waals surface area contributed by atoms with Gasteiger partial charge in [-0.3, -0.25) is 9.89 Å². The number of carbonyl (C=O) groups excluding carboxylic acids is 1. The molecule has 0 aliphatic carbocycles. The zero-order valence-electron chi connectivity index (χ0n) is 10.8. The number of H-pyrrole nitrogens is 1. The number of thioether (sulfide) groups is 1. The van der Waals surface area contributed by atoms with Crippen LogP contribution in [0.5, 0.6) is 0 Å². The summed E-state index contributed by atoms with van der Waals surface area (Å²) in [5.74, 6) is 1.17. The predicted molar refractivity (Wildman–Crippen MR) is 74.8 cm³/mol. The zero-order valence-corrected chi connectivity index (χ0v) is 11.6. The normalized spacial score (nSPS) is 10.4. The third kappa shape index (κ3) is 5.00. The van der Waals surface area contributed by atoms with Crippen LogP contribution < -0.4 is 5.32 Å². The summed E-state index contributed by atoms with van der Waals surface area (Å²) < 4.78 is 12.7. The van der Waals surface area contributed by atoms with Crippen molar-refractivity contribution in [2.75, 3.05) is 12.3 Å². The van der Waals surface area contributed by atoms with Crippen molar-refractivity contribution >= 4 is 17.7 Å². The SMILES string of the molecule is O=C(CCSc1ccc(F)cc1)NCCc1ncn[nH]1. The number of hydrogen-bond acceptors (Lipinski definition) is 4. The van der Waals surface area contributed by atoms with Gasteiger partial charge in [0.1, 0.15) is 18.0 Å². The Morgan fingerprint density at radius 3 is 2.85 bits per heavy atom. The fraction of sp³-hybridized carbons (Fsp3) is 0.308. The van der Waals surface area contributed by atoms with Crippen LogP contribution in [0.3, 0.4) is 0 Å². The first kappa shape index (κ1) is 14.5. The minimum Gasteiger partial charge on any atom is -0.356 e. The molecule has 0 unspecified atom stereocenters. The number of amides is 1. The summed E-state index contributed by atoms with van der Waals surface area (Å²) in [6.45, 7) is 0.537. The second-order valence-corrected chi connectivity index (χ2v) is 5.25. The van der Waals surface area contributed by atoms with Gasteiger partial charge in [0.05, 0.1) is 0 Å². The summed E-state index contributed by atoms with van der Waals surface area (Å²) in [4.78, 5) is 16.5. The van der Waals surface area contributed by atoms with Crippen molar-refractivity contribution in [1.29, 1.82) is 0 Å². The Hall–Kier alpha value is -1.89. The number of nitrogens with one attached hydrogen (secondary N) is 2. The van der Waals surface area contributed by atoms with E-state index in [2.05, 4.69) is 20.5 Å². The molecular weight excluding hydrogens is 279 g/mol. The number of hydrogen-bond donors (Lipinski definition) is 2. The van der Waals surface area contributed by atoms with E-state index in [4.69, 9.17) is 0 Å². The van der Waals surface area contributed by atoms with E-state index in [0.717, 1.165) is 10.7 Å². The first-order chi connectivity index (χ1) is 9.74. The van der Waals surface area contributed by atoms with Gasteiger partial charge < -0.3 is 5.32 Å². The average Bonchev–Trinajstić information content (AvgIpc) is 2.94. The molecule has 0 fully saturated rings. The van der Waals surface area contributed by atoms with Crippen LogP contribution in [0.25, 0.3) is 0 Å². The van der Waals surface area contributed by atoms with Gasteiger partial charge in [0.2, 0.25) is 5.91 Å². The minimum atomic E-state index is -0.250. The van der Waals surface area contributed by atoms with E-state index in [1.807, 2.05) is 0 Å². The Bertz CT molecular complexity index is 530. The van der Waals surface area contributed by atoms with E-state index in [1.54, 1.807) is 12.1 Å². The Labute approximate surface area is 120 Å². The molecule has 1 amide bonds. The molecule has 2 N–H and O–H groups in total. The zero-order chi connectivity index (χ0) is 14.2. The highest BCUT2D eigenvalue weighted by Crippen LogP contribution is 2.18. The number of nitrogens with zero attached hydrogens (tertiary/aromatic N) is 2. The smallest absolute Gasteiger partial charge is 0.220 e. The molecule has 0 radical (unpaired) electrons. The van der Waals surface area contributed by atoms with Crippen LogP contribution in [0.2, 0.25) is 0 Å². The number of aromatic nitrogens is 3. The van der Waals surface area contributed by atoms with E-state index in [1.165, 1.54) is 30.2 Å². The lowest BCUT2D eigenvalue weighted by Crippen LogP contribution is -2.26. The van der Waals surface area contributed by atoms with Gasteiger partial charge in [-0.15, -0.1) is 11.8 Å². The monoisotopic (exact) mass is 294 g/mol. The first-order valence-electron chi connectivity index (χ1n) is 6.23. The van der Waals surface area contributed by atoms with Crippen molar-refractivity contribution in [3.63, 3.8) is 0 Å². The lowest BCUT2D eigenvalue weighted by Gasteiger charge is -2.04. The largest absolute Gasteiger partial charge is 0.356 e. The Morgan fingerprint density at radius 2 is 2.15 bits per heavy atom. The fourth-order valence-corrected chi connectivity index (χ4v) is 2.40. The maximum absolute atomic E-state index is 12.7. The number of benzene rings is 1. The quantitative estimate of drug-likeness (QED) is 0.764. The molecule has 106 valence electrons. The van der Waals surface area contributed by atoms with E-state index >= 15 is 0 Å². The van der Waals surface area contributed by atoms with Crippen molar-refractivity contribution in [2.24, 2.45) is 0 Å². The van der Waals surface area contributed by atoms with Crippen molar-refractivity contribution in [3.8, 4) is 0 Å². The van der Waals surface area contributed by atoms with Crippen molar-refractivity contribution < 1.29 is 9.18 Å². The molecule has 5 nitrogen and oxygen atoms in total. The second kappa shape index (κ2) is 7.64. The maximum Gasteiger partial charge on any atom is 0.220 e. The van der Waals surface area contributed by atoms with E-state index in [9.17, 15) is 9.18 Å². The highest BCUT2D eigenvalue weighted by atomic mass is 32.2. The van der Waals surface area contributed by atoms with Crippen LogP contribution in [0.1, 0.15) is 12.2 Å². The first-order valence-corrected chi connectivity index (χ1v) is 7.22. The van der Waals surface area contributed by atoms with Crippen molar-refractivity contribution in [2.45, 2.75) is 17.7 Å². The van der Waals surface area contributed by atoms with Gasteiger partial charge in [-0.1, -0.05) is 0 Å². The van der Waals surface area contributed by atoms with Gasteiger partial charge in [0.25, 0.3) is 0 Å². The molecule has 0 bridgehead atoms. The molecule has 0 saturated carbocycles. The molecule has 1 heterocycles. The van der Waals surface area contributed by atoms with E-state index in [0.29, 0.717) is 25.1 Å². The van der Waals surface area contributed by atoms with Gasteiger partial charge in [-0.25, -0.2) is 9.37 Å². The van der Waals surface area contributed by atoms with Gasteiger partial charge in [0, 0.05) is 30.0 Å². The average molecular weight is 294 g/mol. The lowest BCUT2D eigenvalue weighted by atomic mass is 10.3.